The van der Waals surface area contributed by atoms with Crippen LogP contribution in [0.25, 0.3) is 10.9 Å². The van der Waals surface area contributed by atoms with Gasteiger partial charge in [-0.3, -0.25) is 4.79 Å². The van der Waals surface area contributed by atoms with Crippen molar-refractivity contribution in [3.8, 4) is 5.75 Å². The molecule has 4 nitrogen and oxygen atoms in total. The lowest BCUT2D eigenvalue weighted by Gasteiger charge is -2.34. The molecule has 0 unspecified atom stereocenters. The molecule has 1 amide bonds. The van der Waals surface area contributed by atoms with Crippen molar-refractivity contribution >= 4 is 28.4 Å². The van der Waals surface area contributed by atoms with Crippen molar-refractivity contribution in [1.82, 2.24) is 10.3 Å². The number of benzene rings is 2. The highest BCUT2D eigenvalue weighted by molar-refractivity contribution is 6.30. The van der Waals surface area contributed by atoms with Gasteiger partial charge in [-0.15, -0.1) is 0 Å². The van der Waals surface area contributed by atoms with Crippen LogP contribution in [0.4, 0.5) is 13.2 Å². The number of halogens is 4. The summed E-state index contributed by atoms with van der Waals surface area (Å²) in [5.41, 5.74) is -0.132. The molecule has 4 rings (SSSR count). The van der Waals surface area contributed by atoms with Crippen LogP contribution in [0.1, 0.15) is 55.1 Å². The molecule has 34 heavy (non-hydrogen) atoms. The number of nitrogens with one attached hydrogen (secondary N) is 1. The Morgan fingerprint density at radius 1 is 1.12 bits per heavy atom. The van der Waals surface area contributed by atoms with E-state index in [2.05, 4.69) is 10.3 Å². The Balaban J connectivity index is 1.41. The van der Waals surface area contributed by atoms with E-state index >= 15 is 0 Å². The maximum atomic E-state index is 13.3. The first kappa shape index (κ1) is 24.3. The number of aromatic nitrogens is 1. The fourth-order valence-electron chi connectivity index (χ4n) is 4.58. The number of amides is 1. The second-order valence-corrected chi connectivity index (χ2v) is 9.11. The van der Waals surface area contributed by atoms with Gasteiger partial charge in [0.2, 0.25) is 0 Å². The van der Waals surface area contributed by atoms with Crippen LogP contribution in [0.2, 0.25) is 5.02 Å². The van der Waals surface area contributed by atoms with Crippen LogP contribution in [0.5, 0.6) is 5.75 Å². The summed E-state index contributed by atoms with van der Waals surface area (Å²) in [6.45, 7) is 2.04. The fourth-order valence-corrected chi connectivity index (χ4v) is 4.71. The molecule has 1 aliphatic rings. The normalized spacial score (nSPS) is 19.6. The van der Waals surface area contributed by atoms with Gasteiger partial charge in [0.1, 0.15) is 11.4 Å². The van der Waals surface area contributed by atoms with E-state index < -0.39 is 11.9 Å². The molecule has 2 aromatic carbocycles. The van der Waals surface area contributed by atoms with Gasteiger partial charge in [0, 0.05) is 28.1 Å². The molecule has 3 aromatic rings. The van der Waals surface area contributed by atoms with Gasteiger partial charge in [-0.05, 0) is 74.4 Å². The molecule has 1 aliphatic carbocycles. The molecule has 1 heterocycles. The van der Waals surface area contributed by atoms with Gasteiger partial charge in [-0.25, -0.2) is 4.98 Å². The van der Waals surface area contributed by atoms with Crippen LogP contribution in [0.15, 0.2) is 54.6 Å². The lowest BCUT2D eigenvalue weighted by Crippen LogP contribution is -2.42. The van der Waals surface area contributed by atoms with Crippen molar-refractivity contribution in [2.24, 2.45) is 5.92 Å². The second-order valence-electron chi connectivity index (χ2n) is 8.67. The van der Waals surface area contributed by atoms with Crippen molar-refractivity contribution in [1.29, 1.82) is 0 Å². The first-order chi connectivity index (χ1) is 16.2. The Morgan fingerprint density at radius 2 is 1.79 bits per heavy atom. The minimum atomic E-state index is -4.55. The molecule has 1 atom stereocenters. The van der Waals surface area contributed by atoms with E-state index in [1.807, 2.05) is 6.92 Å². The third-order valence-corrected chi connectivity index (χ3v) is 6.66. The fraction of sp³-hybridized carbons (Fsp3) is 0.385. The van der Waals surface area contributed by atoms with Crippen molar-refractivity contribution in [2.75, 3.05) is 0 Å². The van der Waals surface area contributed by atoms with Gasteiger partial charge in [-0.2, -0.15) is 13.2 Å². The maximum absolute atomic E-state index is 13.3. The number of carbonyl (C=O) groups is 1. The van der Waals surface area contributed by atoms with E-state index in [9.17, 15) is 18.0 Å². The topological polar surface area (TPSA) is 51.2 Å². The van der Waals surface area contributed by atoms with Crippen LogP contribution in [0, 0.1) is 5.92 Å². The summed E-state index contributed by atoms with van der Waals surface area (Å²) in [7, 11) is 0. The summed E-state index contributed by atoms with van der Waals surface area (Å²) in [6, 6.07) is 14.5. The third-order valence-electron chi connectivity index (χ3n) is 6.41. The molecular weight excluding hydrogens is 465 g/mol. The lowest BCUT2D eigenvalue weighted by molar-refractivity contribution is -0.141. The molecule has 180 valence electrons. The Bertz CT molecular complexity index is 1140. The monoisotopic (exact) mass is 490 g/mol. The average Bonchev–Trinajstić information content (AvgIpc) is 2.83. The summed E-state index contributed by atoms with van der Waals surface area (Å²) < 4.78 is 46.1. The molecule has 1 N–H and O–H groups in total. The number of fused-ring (bicyclic) bond motifs is 1. The summed E-state index contributed by atoms with van der Waals surface area (Å²) in [6.07, 6.45) is -0.895. The minimum absolute atomic E-state index is 0.0164. The van der Waals surface area contributed by atoms with E-state index in [1.54, 1.807) is 48.5 Å². The zero-order valence-electron chi connectivity index (χ0n) is 18.7. The summed E-state index contributed by atoms with van der Waals surface area (Å²) >= 11 is 5.90. The van der Waals surface area contributed by atoms with E-state index in [0.29, 0.717) is 28.8 Å². The first-order valence-electron chi connectivity index (χ1n) is 11.4. The van der Waals surface area contributed by atoms with Crippen LogP contribution in [-0.2, 0) is 6.18 Å². The first-order valence-corrected chi connectivity index (χ1v) is 11.8. The van der Waals surface area contributed by atoms with E-state index in [0.717, 1.165) is 25.3 Å². The zero-order chi connectivity index (χ0) is 24.3. The molecular formula is C26H26ClF3N2O2. The van der Waals surface area contributed by atoms with E-state index in [4.69, 9.17) is 16.3 Å². The second kappa shape index (κ2) is 10.2. The third kappa shape index (κ3) is 5.63. The summed E-state index contributed by atoms with van der Waals surface area (Å²) in [5.74, 6) is 0.357. The molecule has 0 aliphatic heterocycles. The Hall–Kier alpha value is -2.80. The van der Waals surface area contributed by atoms with Crippen molar-refractivity contribution < 1.29 is 22.7 Å². The highest BCUT2D eigenvalue weighted by Gasteiger charge is 2.34. The van der Waals surface area contributed by atoms with Gasteiger partial charge in [-0.1, -0.05) is 30.7 Å². The molecule has 1 saturated carbocycles. The van der Waals surface area contributed by atoms with Crippen LogP contribution >= 0.6 is 11.6 Å². The number of rotatable bonds is 6. The minimum Gasteiger partial charge on any atom is -0.490 e. The molecule has 0 spiro atoms. The largest absolute Gasteiger partial charge is 0.490 e. The predicted molar refractivity (Wildman–Crippen MR) is 126 cm³/mol. The smallest absolute Gasteiger partial charge is 0.433 e. The van der Waals surface area contributed by atoms with Crippen LogP contribution in [-0.4, -0.2) is 23.0 Å². The standard InChI is InChI=1S/C26H26ClF3N2O2/c1-2-21(32-25(33)17-7-11-18(27)12-8-17)16-9-13-19(14-10-16)34-23-15-24(26(28,29)30)31-22-6-4-3-5-20(22)23/h3-8,11-12,15-16,19,21H,2,9-10,13-14H2,1H3,(H,32,33)/t16-,19+,21-/m1/s1. The molecule has 8 heteroatoms. The van der Waals surface area contributed by atoms with Crippen molar-refractivity contribution in [2.45, 2.75) is 57.3 Å². The highest BCUT2D eigenvalue weighted by atomic mass is 35.5. The Morgan fingerprint density at radius 3 is 2.44 bits per heavy atom. The number of alkyl halides is 3. The Labute approximate surface area is 201 Å². The maximum Gasteiger partial charge on any atom is 0.433 e. The van der Waals surface area contributed by atoms with Crippen LogP contribution < -0.4 is 10.1 Å². The van der Waals surface area contributed by atoms with Gasteiger partial charge in [0.15, 0.2) is 0 Å². The number of nitrogens with zero attached hydrogens (tertiary/aromatic N) is 1. The summed E-state index contributed by atoms with van der Waals surface area (Å²) in [4.78, 5) is 16.4. The quantitative estimate of drug-likeness (QED) is 0.402. The summed E-state index contributed by atoms with van der Waals surface area (Å²) in [5, 5.41) is 4.27. The van der Waals surface area contributed by atoms with Gasteiger partial charge >= 0.3 is 6.18 Å². The Kier molecular flexibility index (Phi) is 7.31. The van der Waals surface area contributed by atoms with Gasteiger partial charge in [0.05, 0.1) is 11.6 Å². The molecule has 1 aromatic heterocycles. The number of carbonyl (C=O) groups excluding carboxylic acids is 1. The lowest BCUT2D eigenvalue weighted by atomic mass is 9.81. The highest BCUT2D eigenvalue weighted by Crippen LogP contribution is 2.37. The van der Waals surface area contributed by atoms with Gasteiger partial charge < -0.3 is 10.1 Å². The van der Waals surface area contributed by atoms with E-state index in [1.165, 1.54) is 0 Å². The number of ether oxygens (including phenoxy) is 1. The number of para-hydroxylation sites is 1. The predicted octanol–water partition coefficient (Wildman–Crippen LogP) is 7.05. The molecule has 0 radical (unpaired) electrons. The molecule has 0 saturated heterocycles. The van der Waals surface area contributed by atoms with E-state index in [-0.39, 0.29) is 35.2 Å². The van der Waals surface area contributed by atoms with Crippen molar-refractivity contribution in [3.63, 3.8) is 0 Å². The number of hydrogen-bond acceptors (Lipinski definition) is 3. The number of pyridine rings is 1. The number of hydrogen-bond donors (Lipinski definition) is 1. The van der Waals surface area contributed by atoms with Crippen molar-refractivity contribution in [3.05, 3.63) is 70.9 Å². The average molecular weight is 491 g/mol. The molecule has 1 fully saturated rings. The zero-order valence-corrected chi connectivity index (χ0v) is 19.5. The molecule has 0 bridgehead atoms. The van der Waals surface area contributed by atoms with Gasteiger partial charge in [0.25, 0.3) is 5.91 Å². The SMILES string of the molecule is CC[C@@H](NC(=O)c1ccc(Cl)cc1)[C@H]1CC[C@@H](Oc2cc(C(F)(F)F)nc3ccccc23)CC1. The van der Waals surface area contributed by atoms with Crippen LogP contribution in [0.3, 0.4) is 0 Å².